The number of unbranched alkanes of at least 4 members (excludes halogenated alkanes) is 1. The number of nitrogens with zero attached hydrogens (tertiary/aromatic N) is 6. The van der Waals surface area contributed by atoms with Crippen LogP contribution in [0.4, 0.5) is 0 Å². The van der Waals surface area contributed by atoms with Gasteiger partial charge in [-0.1, -0.05) is 74.0 Å². The Morgan fingerprint density at radius 1 is 0.446 bits per heavy atom. The summed E-state index contributed by atoms with van der Waals surface area (Å²) in [6.45, 7) is 8.42. The van der Waals surface area contributed by atoms with Gasteiger partial charge in [0.2, 0.25) is 0 Å². The van der Waals surface area contributed by atoms with Crippen LogP contribution < -0.4 is 9.47 Å². The van der Waals surface area contributed by atoms with Crippen LogP contribution >= 0.6 is 0 Å². The zero-order valence-electron chi connectivity index (χ0n) is 36.8. The molecule has 0 amide bonds. The summed E-state index contributed by atoms with van der Waals surface area (Å²) in [6.07, 6.45) is 6.55. The Morgan fingerprint density at radius 3 is 1.46 bits per heavy atom. The lowest BCUT2D eigenvalue weighted by molar-refractivity contribution is 0.483. The van der Waals surface area contributed by atoms with E-state index in [0.717, 1.165) is 132 Å². The molecular formula is C57H46N6O2. The minimum atomic E-state index is 0.720. The molecule has 0 saturated carbocycles. The number of fused-ring (bicyclic) bond motifs is 6. The average molecular weight is 847 g/mol. The fourth-order valence-electron chi connectivity index (χ4n) is 9.07. The summed E-state index contributed by atoms with van der Waals surface area (Å²) in [7, 11) is 0. The zero-order chi connectivity index (χ0) is 44.0. The van der Waals surface area contributed by atoms with Crippen molar-refractivity contribution in [2.75, 3.05) is 0 Å². The second-order valence-electron chi connectivity index (χ2n) is 16.8. The number of hydrogen-bond acceptors (Lipinski definition) is 6. The van der Waals surface area contributed by atoms with E-state index in [4.69, 9.17) is 29.4 Å². The van der Waals surface area contributed by atoms with Crippen molar-refractivity contribution in [2.24, 2.45) is 0 Å². The van der Waals surface area contributed by atoms with Crippen LogP contribution in [0.5, 0.6) is 23.0 Å². The molecule has 0 fully saturated rings. The second-order valence-corrected chi connectivity index (χ2v) is 16.8. The summed E-state index contributed by atoms with van der Waals surface area (Å²) in [4.78, 5) is 20.1. The highest BCUT2D eigenvalue weighted by molar-refractivity contribution is 6.10. The predicted molar refractivity (Wildman–Crippen MR) is 263 cm³/mol. The molecule has 6 aromatic carbocycles. The molecular weight excluding hydrogens is 801 g/mol. The van der Waals surface area contributed by atoms with Crippen LogP contribution in [0.25, 0.3) is 77.8 Å². The maximum absolute atomic E-state index is 6.64. The van der Waals surface area contributed by atoms with Gasteiger partial charge in [0, 0.05) is 57.2 Å². The number of rotatable bonds is 11. The van der Waals surface area contributed by atoms with E-state index in [1.807, 2.05) is 67.8 Å². The van der Waals surface area contributed by atoms with Crippen molar-refractivity contribution in [1.29, 1.82) is 0 Å². The number of aryl methyl sites for hydroxylation is 4. The van der Waals surface area contributed by atoms with Crippen molar-refractivity contribution < 1.29 is 9.47 Å². The minimum Gasteiger partial charge on any atom is -0.457 e. The van der Waals surface area contributed by atoms with E-state index in [2.05, 4.69) is 139 Å². The molecule has 0 aliphatic rings. The van der Waals surface area contributed by atoms with Gasteiger partial charge < -0.3 is 9.47 Å². The van der Waals surface area contributed by atoms with E-state index < -0.39 is 0 Å². The Labute approximate surface area is 377 Å². The molecule has 5 heterocycles. The van der Waals surface area contributed by atoms with Crippen LogP contribution in [0.15, 0.2) is 170 Å². The average Bonchev–Trinajstić information content (AvgIpc) is 3.83. The third kappa shape index (κ3) is 7.42. The molecule has 5 aromatic heterocycles. The van der Waals surface area contributed by atoms with Crippen molar-refractivity contribution in [3.63, 3.8) is 0 Å². The van der Waals surface area contributed by atoms with Crippen LogP contribution in [-0.2, 0) is 6.42 Å². The van der Waals surface area contributed by atoms with E-state index in [9.17, 15) is 0 Å². The highest BCUT2D eigenvalue weighted by Gasteiger charge is 2.19. The van der Waals surface area contributed by atoms with E-state index in [1.54, 1.807) is 0 Å². The lowest BCUT2D eigenvalue weighted by Gasteiger charge is -2.15. The number of para-hydroxylation sites is 2. The number of ether oxygens (including phenoxy) is 2. The molecule has 0 aliphatic heterocycles. The van der Waals surface area contributed by atoms with E-state index >= 15 is 0 Å². The Bertz CT molecular complexity index is 3600. The molecule has 0 unspecified atom stereocenters. The summed E-state index contributed by atoms with van der Waals surface area (Å²) >= 11 is 0. The monoisotopic (exact) mass is 846 g/mol. The van der Waals surface area contributed by atoms with Crippen molar-refractivity contribution in [3.05, 3.63) is 193 Å². The Hall–Kier alpha value is -8.10. The molecule has 65 heavy (non-hydrogen) atoms. The first-order valence-corrected chi connectivity index (χ1v) is 22.2. The lowest BCUT2D eigenvalue weighted by Crippen LogP contribution is -2.03. The molecule has 8 heteroatoms. The Balaban J connectivity index is 0.909. The second kappa shape index (κ2) is 16.5. The lowest BCUT2D eigenvalue weighted by atomic mass is 10.0. The summed E-state index contributed by atoms with van der Waals surface area (Å²) in [5.74, 6) is 4.67. The van der Waals surface area contributed by atoms with Crippen molar-refractivity contribution in [2.45, 2.75) is 47.0 Å². The van der Waals surface area contributed by atoms with Gasteiger partial charge in [0.1, 0.15) is 34.6 Å². The predicted octanol–water partition coefficient (Wildman–Crippen LogP) is 14.6. The summed E-state index contributed by atoms with van der Waals surface area (Å²) in [6, 6.07) is 54.1. The standard InChI is InChI=1S/C57H46N6O2/c1-5-6-19-49-57(40-14-12-16-42(33-40)65-44-23-25-48-46-18-8-10-21-51(46)63(53(48)35-44)55-31-37(3)27-29-59-55)60-38(4)56(61-49)39-13-11-15-41(32-39)64-43-22-24-47-45-17-7-9-20-50(45)62(52(47)34-43)54-30-36(2)26-28-58-54/h7-18,20-35H,5-6,19H2,1-4H3. The van der Waals surface area contributed by atoms with Crippen LogP contribution in [0.2, 0.25) is 0 Å². The number of aromatic nitrogens is 6. The molecule has 0 spiro atoms. The van der Waals surface area contributed by atoms with Gasteiger partial charge in [0.05, 0.1) is 44.8 Å². The number of benzene rings is 6. The maximum atomic E-state index is 6.64. The van der Waals surface area contributed by atoms with Gasteiger partial charge >= 0.3 is 0 Å². The molecule has 0 radical (unpaired) electrons. The SMILES string of the molecule is CCCCc1nc(-c2cccc(Oc3ccc4c5ccccc5n(-c5cc(C)ccn5)c4c3)c2)c(C)nc1-c1cccc(Oc2ccc3c4ccccc4n(-c4cc(C)ccn4)c3c2)c1. The largest absolute Gasteiger partial charge is 0.457 e. The van der Waals surface area contributed by atoms with E-state index in [-0.39, 0.29) is 0 Å². The number of hydrogen-bond donors (Lipinski definition) is 0. The van der Waals surface area contributed by atoms with Crippen LogP contribution in [-0.4, -0.2) is 29.1 Å². The molecule has 0 saturated heterocycles. The van der Waals surface area contributed by atoms with Gasteiger partial charge in [-0.25, -0.2) is 19.9 Å². The quantitative estimate of drug-likeness (QED) is 0.129. The van der Waals surface area contributed by atoms with Gasteiger partial charge in [-0.3, -0.25) is 9.13 Å². The smallest absolute Gasteiger partial charge is 0.137 e. The van der Waals surface area contributed by atoms with Gasteiger partial charge in [0.25, 0.3) is 0 Å². The normalized spacial score (nSPS) is 11.6. The van der Waals surface area contributed by atoms with Crippen molar-refractivity contribution in [1.82, 2.24) is 29.1 Å². The van der Waals surface area contributed by atoms with Crippen LogP contribution in [0.3, 0.4) is 0 Å². The molecule has 0 N–H and O–H groups in total. The summed E-state index contributed by atoms with van der Waals surface area (Å²) < 4.78 is 17.7. The molecule has 0 bridgehead atoms. The van der Waals surface area contributed by atoms with Gasteiger partial charge in [-0.05, 0) is 130 Å². The van der Waals surface area contributed by atoms with Gasteiger partial charge in [0.15, 0.2) is 0 Å². The minimum absolute atomic E-state index is 0.720. The van der Waals surface area contributed by atoms with Crippen molar-refractivity contribution >= 4 is 43.6 Å². The third-order valence-corrected chi connectivity index (χ3v) is 12.1. The fraction of sp³-hybridized carbons (Fsp3) is 0.123. The fourth-order valence-corrected chi connectivity index (χ4v) is 9.07. The Morgan fingerprint density at radius 2 is 0.938 bits per heavy atom. The first-order chi connectivity index (χ1) is 31.9. The molecule has 316 valence electrons. The Kier molecular flexibility index (Phi) is 10.1. The van der Waals surface area contributed by atoms with Gasteiger partial charge in [-0.15, -0.1) is 0 Å². The number of pyridine rings is 2. The molecule has 8 nitrogen and oxygen atoms in total. The van der Waals surface area contributed by atoms with Crippen LogP contribution in [0, 0.1) is 20.8 Å². The molecule has 0 atom stereocenters. The summed E-state index contributed by atoms with van der Waals surface area (Å²) in [5.41, 5.74) is 12.0. The highest BCUT2D eigenvalue weighted by Crippen LogP contribution is 2.38. The maximum Gasteiger partial charge on any atom is 0.137 e. The van der Waals surface area contributed by atoms with E-state index in [1.165, 1.54) is 10.8 Å². The first kappa shape index (κ1) is 39.7. The first-order valence-electron chi connectivity index (χ1n) is 22.2. The van der Waals surface area contributed by atoms with E-state index in [0.29, 0.717) is 0 Å². The third-order valence-electron chi connectivity index (χ3n) is 12.1. The van der Waals surface area contributed by atoms with Crippen molar-refractivity contribution in [3.8, 4) is 57.1 Å². The highest BCUT2D eigenvalue weighted by atomic mass is 16.5. The topological polar surface area (TPSA) is 79.9 Å². The molecule has 11 aromatic rings. The van der Waals surface area contributed by atoms with Gasteiger partial charge in [-0.2, -0.15) is 0 Å². The summed E-state index contributed by atoms with van der Waals surface area (Å²) in [5, 5.41) is 4.63. The zero-order valence-corrected chi connectivity index (χ0v) is 36.8. The molecule has 11 rings (SSSR count). The van der Waals surface area contributed by atoms with Crippen LogP contribution in [0.1, 0.15) is 42.3 Å². The molecule has 0 aliphatic carbocycles.